The van der Waals surface area contributed by atoms with Crippen molar-refractivity contribution in [3.63, 3.8) is 0 Å². The number of halogens is 1. The Hall–Kier alpha value is -3.10. The summed E-state index contributed by atoms with van der Waals surface area (Å²) in [7, 11) is 0. The van der Waals surface area contributed by atoms with Crippen molar-refractivity contribution < 1.29 is 13.7 Å². The van der Waals surface area contributed by atoms with Crippen molar-refractivity contribution in [2.45, 2.75) is 32.0 Å². The number of pyridine rings is 1. The minimum Gasteiger partial charge on any atom is -0.335 e. The van der Waals surface area contributed by atoms with Gasteiger partial charge in [-0.15, -0.1) is 0 Å². The van der Waals surface area contributed by atoms with Crippen LogP contribution in [0.1, 0.15) is 36.1 Å². The first-order valence-electron chi connectivity index (χ1n) is 8.85. The van der Waals surface area contributed by atoms with E-state index in [1.54, 1.807) is 41.5 Å². The van der Waals surface area contributed by atoms with Gasteiger partial charge in [-0.2, -0.15) is 10.1 Å². The van der Waals surface area contributed by atoms with Gasteiger partial charge in [0.2, 0.25) is 11.5 Å². The predicted octanol–water partition coefficient (Wildman–Crippen LogP) is 2.45. The van der Waals surface area contributed by atoms with Gasteiger partial charge in [0.15, 0.2) is 0 Å². The summed E-state index contributed by atoms with van der Waals surface area (Å²) < 4.78 is 22.5. The molecule has 0 radical (unpaired) electrons. The number of carbonyl (C=O) groups excluding carboxylic acids is 1. The van der Waals surface area contributed by atoms with Gasteiger partial charge < -0.3 is 9.42 Å². The van der Waals surface area contributed by atoms with Gasteiger partial charge in [0.05, 0.1) is 6.54 Å². The van der Waals surface area contributed by atoms with Crippen molar-refractivity contribution in [2.24, 2.45) is 0 Å². The fourth-order valence-corrected chi connectivity index (χ4v) is 3.31. The zero-order valence-corrected chi connectivity index (χ0v) is 14.9. The summed E-state index contributed by atoms with van der Waals surface area (Å²) in [5.74, 6) is -0.0438. The molecule has 8 nitrogen and oxygen atoms in total. The zero-order chi connectivity index (χ0) is 18.9. The Balaban J connectivity index is 1.57. The van der Waals surface area contributed by atoms with Gasteiger partial charge in [-0.25, -0.2) is 4.39 Å². The van der Waals surface area contributed by atoms with Crippen LogP contribution in [0.15, 0.2) is 41.3 Å². The van der Waals surface area contributed by atoms with E-state index in [4.69, 9.17) is 4.52 Å². The van der Waals surface area contributed by atoms with Crippen LogP contribution in [-0.4, -0.2) is 48.8 Å². The molecule has 140 valence electrons. The number of hydrogen-bond donors (Lipinski definition) is 0. The van der Waals surface area contributed by atoms with Crippen LogP contribution < -0.4 is 0 Å². The number of piperidine rings is 1. The standard InChI is InChI=1S/C18H19FN6O2/c1-2-25-14(6-10-21-25)16(26)24-11-3-7-18(19,12-24)17-22-15(23-27-17)13-4-8-20-9-5-13/h4-6,8-10H,2-3,7,11-12H2,1H3. The summed E-state index contributed by atoms with van der Waals surface area (Å²) in [6.07, 6.45) is 5.52. The highest BCUT2D eigenvalue weighted by Gasteiger charge is 2.44. The Bertz CT molecular complexity index is 940. The summed E-state index contributed by atoms with van der Waals surface area (Å²) in [4.78, 5) is 22.5. The van der Waals surface area contributed by atoms with Crippen molar-refractivity contribution in [1.29, 1.82) is 0 Å². The summed E-state index contributed by atoms with van der Waals surface area (Å²) >= 11 is 0. The molecule has 9 heteroatoms. The number of likely N-dealkylation sites (tertiary alicyclic amines) is 1. The number of rotatable bonds is 4. The summed E-state index contributed by atoms with van der Waals surface area (Å²) in [5, 5.41) is 7.99. The average molecular weight is 370 g/mol. The Kier molecular flexibility index (Phi) is 4.43. The van der Waals surface area contributed by atoms with Crippen molar-refractivity contribution in [2.75, 3.05) is 13.1 Å². The SMILES string of the molecule is CCn1nccc1C(=O)N1CCCC(F)(c2nc(-c3ccncc3)no2)C1. The molecule has 0 saturated carbocycles. The van der Waals surface area contributed by atoms with Crippen molar-refractivity contribution in [1.82, 2.24) is 29.8 Å². The molecule has 1 atom stereocenters. The quantitative estimate of drug-likeness (QED) is 0.701. The van der Waals surface area contributed by atoms with Gasteiger partial charge in [-0.1, -0.05) is 5.16 Å². The minimum absolute atomic E-state index is 0.101. The maximum absolute atomic E-state index is 15.6. The molecule has 4 rings (SSSR count). The van der Waals surface area contributed by atoms with Crippen LogP contribution in [-0.2, 0) is 12.2 Å². The normalized spacial score (nSPS) is 20.0. The first-order valence-corrected chi connectivity index (χ1v) is 8.85. The molecule has 0 N–H and O–H groups in total. The van der Waals surface area contributed by atoms with E-state index in [1.807, 2.05) is 6.92 Å². The number of carbonyl (C=O) groups is 1. The number of hydrogen-bond acceptors (Lipinski definition) is 6. The Morgan fingerprint density at radius 2 is 2.11 bits per heavy atom. The Labute approximate surface area is 155 Å². The molecule has 0 aromatic carbocycles. The fraction of sp³-hybridized carbons (Fsp3) is 0.389. The third-order valence-corrected chi connectivity index (χ3v) is 4.71. The molecule has 1 unspecified atom stereocenters. The summed E-state index contributed by atoms with van der Waals surface area (Å²) in [5.41, 5.74) is -0.729. The van der Waals surface area contributed by atoms with Crippen molar-refractivity contribution in [3.8, 4) is 11.4 Å². The average Bonchev–Trinajstić information content (AvgIpc) is 3.38. The van der Waals surface area contributed by atoms with Crippen LogP contribution in [0, 0.1) is 0 Å². The van der Waals surface area contributed by atoms with Crippen LogP contribution in [0.4, 0.5) is 4.39 Å². The molecule has 3 aromatic rings. The van der Waals surface area contributed by atoms with Crippen molar-refractivity contribution in [3.05, 3.63) is 48.4 Å². The highest BCUT2D eigenvalue weighted by Crippen LogP contribution is 2.36. The van der Waals surface area contributed by atoms with E-state index in [9.17, 15) is 4.79 Å². The number of alkyl halides is 1. The molecule has 1 fully saturated rings. The second-order valence-corrected chi connectivity index (χ2v) is 6.49. The topological polar surface area (TPSA) is 89.9 Å². The maximum Gasteiger partial charge on any atom is 0.272 e. The van der Waals surface area contributed by atoms with E-state index in [2.05, 4.69) is 20.2 Å². The first-order chi connectivity index (χ1) is 13.1. The molecule has 1 amide bonds. The second kappa shape index (κ2) is 6.90. The van der Waals surface area contributed by atoms with Crippen LogP contribution in [0.5, 0.6) is 0 Å². The molecule has 4 heterocycles. The van der Waals surface area contributed by atoms with Crippen LogP contribution in [0.2, 0.25) is 0 Å². The van der Waals surface area contributed by atoms with Gasteiger partial charge >= 0.3 is 0 Å². The molecule has 1 saturated heterocycles. The van der Waals surface area contributed by atoms with E-state index in [-0.39, 0.29) is 24.8 Å². The van der Waals surface area contributed by atoms with Gasteiger partial charge in [-0.3, -0.25) is 14.5 Å². The minimum atomic E-state index is -1.87. The molecule has 0 aliphatic carbocycles. The van der Waals surface area contributed by atoms with E-state index < -0.39 is 5.67 Å². The van der Waals surface area contributed by atoms with E-state index >= 15 is 4.39 Å². The highest BCUT2D eigenvalue weighted by molar-refractivity contribution is 5.92. The number of aryl methyl sites for hydroxylation is 1. The van der Waals surface area contributed by atoms with Gasteiger partial charge in [0, 0.05) is 37.2 Å². The van der Waals surface area contributed by atoms with E-state index in [0.717, 1.165) is 0 Å². The lowest BCUT2D eigenvalue weighted by Crippen LogP contribution is -2.47. The smallest absolute Gasteiger partial charge is 0.272 e. The molecule has 1 aliphatic rings. The second-order valence-electron chi connectivity index (χ2n) is 6.49. The van der Waals surface area contributed by atoms with E-state index in [1.165, 1.54) is 4.90 Å². The first kappa shape index (κ1) is 17.3. The fourth-order valence-electron chi connectivity index (χ4n) is 3.31. The molecular weight excluding hydrogens is 351 g/mol. The third-order valence-electron chi connectivity index (χ3n) is 4.71. The molecule has 27 heavy (non-hydrogen) atoms. The molecular formula is C18H19FN6O2. The number of nitrogens with zero attached hydrogens (tertiary/aromatic N) is 6. The van der Waals surface area contributed by atoms with Gasteiger partial charge in [0.25, 0.3) is 11.8 Å². The predicted molar refractivity (Wildman–Crippen MR) is 93.4 cm³/mol. The van der Waals surface area contributed by atoms with E-state index in [0.29, 0.717) is 36.6 Å². The lowest BCUT2D eigenvalue weighted by molar-refractivity contribution is 0.0146. The highest BCUT2D eigenvalue weighted by atomic mass is 19.1. The molecule has 0 bridgehead atoms. The molecule has 0 spiro atoms. The molecule has 1 aliphatic heterocycles. The zero-order valence-electron chi connectivity index (χ0n) is 14.9. The largest absolute Gasteiger partial charge is 0.335 e. The lowest BCUT2D eigenvalue weighted by Gasteiger charge is -2.35. The van der Waals surface area contributed by atoms with Crippen LogP contribution in [0.3, 0.4) is 0 Å². The number of amides is 1. The van der Waals surface area contributed by atoms with Crippen molar-refractivity contribution >= 4 is 5.91 Å². The van der Waals surface area contributed by atoms with Crippen LogP contribution >= 0.6 is 0 Å². The summed E-state index contributed by atoms with van der Waals surface area (Å²) in [6.45, 7) is 2.82. The monoisotopic (exact) mass is 370 g/mol. The third kappa shape index (κ3) is 3.20. The number of aromatic nitrogens is 5. The van der Waals surface area contributed by atoms with Gasteiger partial charge in [-0.05, 0) is 38.0 Å². The maximum atomic E-state index is 15.6. The molecule has 3 aromatic heterocycles. The van der Waals surface area contributed by atoms with Crippen LogP contribution in [0.25, 0.3) is 11.4 Å². The Morgan fingerprint density at radius 1 is 1.30 bits per heavy atom. The Morgan fingerprint density at radius 3 is 2.89 bits per heavy atom. The van der Waals surface area contributed by atoms with Gasteiger partial charge in [0.1, 0.15) is 5.69 Å². The summed E-state index contributed by atoms with van der Waals surface area (Å²) in [6, 6.07) is 5.10. The lowest BCUT2D eigenvalue weighted by atomic mass is 9.94.